The smallest absolute Gasteiger partial charge is 0.338 e. The third-order valence-corrected chi connectivity index (χ3v) is 2.50. The Morgan fingerprint density at radius 2 is 1.88 bits per heavy atom. The summed E-state index contributed by atoms with van der Waals surface area (Å²) in [6.45, 7) is 4.22. The molecule has 0 unspecified atom stereocenters. The van der Waals surface area contributed by atoms with E-state index < -0.39 is 0 Å². The Balaban J connectivity index is 2.83. The fraction of sp³-hybridized carbons (Fsp3) is 0.357. The summed E-state index contributed by atoms with van der Waals surface area (Å²) in [6.07, 6.45) is 2.59. The molecule has 0 bridgehead atoms. The molecule has 0 radical (unpaired) electrons. The number of carbonyl (C=O) groups excluding carboxylic acids is 1. The van der Waals surface area contributed by atoms with E-state index in [1.165, 1.54) is 0 Å². The molecule has 0 atom stereocenters. The predicted octanol–water partition coefficient (Wildman–Crippen LogP) is 2.65. The quantitative estimate of drug-likeness (QED) is 0.797. The molecule has 1 aromatic rings. The lowest BCUT2D eigenvalue weighted by atomic mass is 10.0. The molecular weight excluding hydrogens is 216 g/mol. The SMILES string of the molecule is C/C=C(/CCO)c1ccc(C(=O)OCC)cc1. The van der Waals surface area contributed by atoms with Gasteiger partial charge in [0.15, 0.2) is 0 Å². The summed E-state index contributed by atoms with van der Waals surface area (Å²) in [5.74, 6) is -0.303. The molecule has 3 nitrogen and oxygen atoms in total. The van der Waals surface area contributed by atoms with Gasteiger partial charge in [0.2, 0.25) is 0 Å². The number of benzene rings is 1. The van der Waals surface area contributed by atoms with Crippen LogP contribution in [0.1, 0.15) is 36.2 Å². The first kappa shape index (κ1) is 13.5. The number of ether oxygens (including phenoxy) is 1. The van der Waals surface area contributed by atoms with Crippen LogP contribution in [-0.4, -0.2) is 24.3 Å². The zero-order valence-corrected chi connectivity index (χ0v) is 10.3. The van der Waals surface area contributed by atoms with Crippen LogP contribution in [0.2, 0.25) is 0 Å². The Bertz CT molecular complexity index is 390. The molecule has 1 N–H and O–H groups in total. The van der Waals surface area contributed by atoms with Crippen molar-refractivity contribution in [2.24, 2.45) is 0 Å². The van der Waals surface area contributed by atoms with Crippen LogP contribution in [0.3, 0.4) is 0 Å². The van der Waals surface area contributed by atoms with Gasteiger partial charge in [0.1, 0.15) is 0 Å². The maximum Gasteiger partial charge on any atom is 0.338 e. The van der Waals surface area contributed by atoms with E-state index in [-0.39, 0.29) is 12.6 Å². The van der Waals surface area contributed by atoms with Gasteiger partial charge < -0.3 is 9.84 Å². The molecule has 0 saturated carbocycles. The molecule has 0 heterocycles. The van der Waals surface area contributed by atoms with Crippen molar-refractivity contribution >= 4 is 11.5 Å². The van der Waals surface area contributed by atoms with Gasteiger partial charge in [-0.3, -0.25) is 0 Å². The molecule has 0 spiro atoms. The summed E-state index contributed by atoms with van der Waals surface area (Å²) in [7, 11) is 0. The predicted molar refractivity (Wildman–Crippen MR) is 67.8 cm³/mol. The second-order valence-corrected chi connectivity index (χ2v) is 3.59. The minimum atomic E-state index is -0.303. The first-order chi connectivity index (χ1) is 8.22. The van der Waals surface area contributed by atoms with Crippen molar-refractivity contribution in [3.8, 4) is 0 Å². The zero-order chi connectivity index (χ0) is 12.7. The third-order valence-electron chi connectivity index (χ3n) is 2.50. The highest BCUT2D eigenvalue weighted by Crippen LogP contribution is 2.18. The summed E-state index contributed by atoms with van der Waals surface area (Å²) in [5.41, 5.74) is 2.65. The molecule has 0 aliphatic rings. The molecule has 0 aliphatic carbocycles. The van der Waals surface area contributed by atoms with Gasteiger partial charge in [-0.2, -0.15) is 0 Å². The topological polar surface area (TPSA) is 46.5 Å². The fourth-order valence-corrected chi connectivity index (χ4v) is 1.61. The normalized spacial score (nSPS) is 11.4. The van der Waals surface area contributed by atoms with Crippen molar-refractivity contribution in [3.63, 3.8) is 0 Å². The lowest BCUT2D eigenvalue weighted by Gasteiger charge is -2.07. The van der Waals surface area contributed by atoms with Crippen molar-refractivity contribution in [1.82, 2.24) is 0 Å². The molecule has 1 aromatic carbocycles. The summed E-state index contributed by atoms with van der Waals surface area (Å²) in [5, 5.41) is 8.93. The van der Waals surface area contributed by atoms with Gasteiger partial charge in [-0.1, -0.05) is 18.2 Å². The summed E-state index contributed by atoms with van der Waals surface area (Å²) < 4.78 is 4.91. The number of allylic oxidation sites excluding steroid dienone is 1. The van der Waals surface area contributed by atoms with E-state index in [1.807, 2.05) is 25.1 Å². The highest BCUT2D eigenvalue weighted by atomic mass is 16.5. The van der Waals surface area contributed by atoms with Crippen LogP contribution in [0.15, 0.2) is 30.3 Å². The molecule has 92 valence electrons. The van der Waals surface area contributed by atoms with Gasteiger partial charge in [0.25, 0.3) is 0 Å². The van der Waals surface area contributed by atoms with E-state index in [0.717, 1.165) is 11.1 Å². The second-order valence-electron chi connectivity index (χ2n) is 3.59. The van der Waals surface area contributed by atoms with Gasteiger partial charge >= 0.3 is 5.97 Å². The first-order valence-corrected chi connectivity index (χ1v) is 5.76. The molecule has 0 aliphatic heterocycles. The van der Waals surface area contributed by atoms with Crippen molar-refractivity contribution in [2.45, 2.75) is 20.3 Å². The highest BCUT2D eigenvalue weighted by molar-refractivity contribution is 5.89. The Kier molecular flexibility index (Phi) is 5.43. The Morgan fingerprint density at radius 3 is 2.35 bits per heavy atom. The Hall–Kier alpha value is -1.61. The number of carbonyl (C=O) groups is 1. The van der Waals surface area contributed by atoms with E-state index in [2.05, 4.69) is 0 Å². The van der Waals surface area contributed by atoms with Gasteiger partial charge in [-0.15, -0.1) is 0 Å². The molecule has 1 rings (SSSR count). The van der Waals surface area contributed by atoms with Crippen LogP contribution >= 0.6 is 0 Å². The van der Waals surface area contributed by atoms with Crippen LogP contribution < -0.4 is 0 Å². The highest BCUT2D eigenvalue weighted by Gasteiger charge is 2.06. The third kappa shape index (κ3) is 3.71. The Morgan fingerprint density at radius 1 is 1.29 bits per heavy atom. The van der Waals surface area contributed by atoms with Crippen LogP contribution in [-0.2, 0) is 4.74 Å². The van der Waals surface area contributed by atoms with E-state index in [0.29, 0.717) is 18.6 Å². The molecule has 0 saturated heterocycles. The number of aliphatic hydroxyl groups is 1. The number of rotatable bonds is 5. The van der Waals surface area contributed by atoms with Gasteiger partial charge in [-0.05, 0) is 43.5 Å². The van der Waals surface area contributed by atoms with Gasteiger partial charge in [-0.25, -0.2) is 4.79 Å². The number of aliphatic hydroxyl groups excluding tert-OH is 1. The molecule has 17 heavy (non-hydrogen) atoms. The standard InChI is InChI=1S/C14H18O3/c1-3-11(9-10-15)12-5-7-13(8-6-12)14(16)17-4-2/h3,5-8,15H,4,9-10H2,1-2H3/b11-3-. The summed E-state index contributed by atoms with van der Waals surface area (Å²) in [6, 6.07) is 7.23. The second kappa shape index (κ2) is 6.86. The van der Waals surface area contributed by atoms with Crippen LogP contribution in [0.25, 0.3) is 5.57 Å². The van der Waals surface area contributed by atoms with E-state index >= 15 is 0 Å². The van der Waals surface area contributed by atoms with Gasteiger partial charge in [0, 0.05) is 6.61 Å². The van der Waals surface area contributed by atoms with Crippen molar-refractivity contribution in [1.29, 1.82) is 0 Å². The minimum absolute atomic E-state index is 0.124. The van der Waals surface area contributed by atoms with Crippen LogP contribution in [0.4, 0.5) is 0 Å². The average Bonchev–Trinajstić information content (AvgIpc) is 2.36. The monoisotopic (exact) mass is 234 g/mol. The van der Waals surface area contributed by atoms with E-state index in [4.69, 9.17) is 9.84 Å². The summed E-state index contributed by atoms with van der Waals surface area (Å²) >= 11 is 0. The summed E-state index contributed by atoms with van der Waals surface area (Å²) in [4.78, 5) is 11.4. The minimum Gasteiger partial charge on any atom is -0.462 e. The molecule has 0 aromatic heterocycles. The van der Waals surface area contributed by atoms with Crippen LogP contribution in [0, 0.1) is 0 Å². The lowest BCUT2D eigenvalue weighted by Crippen LogP contribution is -2.04. The zero-order valence-electron chi connectivity index (χ0n) is 10.3. The van der Waals surface area contributed by atoms with Crippen molar-refractivity contribution < 1.29 is 14.6 Å². The maximum absolute atomic E-state index is 11.4. The number of hydrogen-bond donors (Lipinski definition) is 1. The maximum atomic E-state index is 11.4. The van der Waals surface area contributed by atoms with Crippen molar-refractivity contribution in [3.05, 3.63) is 41.5 Å². The molecule has 0 amide bonds. The van der Waals surface area contributed by atoms with Crippen LogP contribution in [0.5, 0.6) is 0 Å². The molecular formula is C14H18O3. The molecule has 3 heteroatoms. The van der Waals surface area contributed by atoms with E-state index in [9.17, 15) is 4.79 Å². The van der Waals surface area contributed by atoms with Gasteiger partial charge in [0.05, 0.1) is 12.2 Å². The first-order valence-electron chi connectivity index (χ1n) is 5.76. The largest absolute Gasteiger partial charge is 0.462 e. The lowest BCUT2D eigenvalue weighted by molar-refractivity contribution is 0.0526. The number of hydrogen-bond acceptors (Lipinski definition) is 3. The molecule has 0 fully saturated rings. The number of esters is 1. The average molecular weight is 234 g/mol. The fourth-order valence-electron chi connectivity index (χ4n) is 1.61. The van der Waals surface area contributed by atoms with E-state index in [1.54, 1.807) is 19.1 Å². The van der Waals surface area contributed by atoms with Crippen molar-refractivity contribution in [2.75, 3.05) is 13.2 Å². The Labute approximate surface area is 102 Å².